The number of ether oxygens (including phenoxy) is 2. The normalized spacial score (nSPS) is 15.6. The van der Waals surface area contributed by atoms with Gasteiger partial charge in [-0.3, -0.25) is 9.69 Å². The van der Waals surface area contributed by atoms with E-state index in [1.54, 1.807) is 37.4 Å². The topological polar surface area (TPSA) is 79.9 Å². The van der Waals surface area contributed by atoms with Crippen LogP contribution in [0.2, 0.25) is 0 Å². The van der Waals surface area contributed by atoms with Crippen LogP contribution < -0.4 is 25.0 Å². The maximum Gasteiger partial charge on any atom is 0.326 e. The molecule has 4 rings (SSSR count). The first kappa shape index (κ1) is 22.1. The highest BCUT2D eigenvalue weighted by Gasteiger charge is 2.34. The maximum absolute atomic E-state index is 13.5. The van der Waals surface area contributed by atoms with Crippen molar-refractivity contribution in [3.05, 3.63) is 84.2 Å². The monoisotopic (exact) mass is 449 g/mol. The number of hydrogen-bond donors (Lipinski definition) is 2. The summed E-state index contributed by atoms with van der Waals surface area (Å²) in [5, 5.41) is 5.62. The molecule has 3 aromatic carbocycles. The lowest BCUT2D eigenvalue weighted by molar-refractivity contribution is -0.128. The quantitative estimate of drug-likeness (QED) is 0.601. The Morgan fingerprint density at radius 1 is 1.09 bits per heavy atom. The third-order valence-electron chi connectivity index (χ3n) is 5.34. The lowest BCUT2D eigenvalue weighted by Gasteiger charge is -2.34. The number of nitrogens with one attached hydrogen (secondary N) is 2. The standard InChI is InChI=1S/C25H24FN3O4/c1-16(17-7-5-10-20(13-17)32-2)27-24(30)23-15-29(21-11-3-4-12-22(21)33-23)25(31)28-19-9-6-8-18(26)14-19/h3-14,16,23H,15H2,1-2H3,(H,27,30)(H,28,31). The van der Waals surface area contributed by atoms with Crippen molar-refractivity contribution >= 4 is 23.3 Å². The Balaban J connectivity index is 1.51. The number of amides is 3. The second kappa shape index (κ2) is 9.60. The number of benzene rings is 3. The second-order valence-corrected chi connectivity index (χ2v) is 7.63. The number of fused-ring (bicyclic) bond motifs is 1. The molecular formula is C25H24FN3O4. The first-order valence-electron chi connectivity index (χ1n) is 10.5. The lowest BCUT2D eigenvalue weighted by Crippen LogP contribution is -2.52. The molecule has 3 aromatic rings. The minimum absolute atomic E-state index is 0.00513. The molecule has 1 aliphatic rings. The number of rotatable bonds is 5. The van der Waals surface area contributed by atoms with Gasteiger partial charge < -0.3 is 20.1 Å². The van der Waals surface area contributed by atoms with E-state index in [0.717, 1.165) is 5.56 Å². The average molecular weight is 449 g/mol. The first-order valence-corrected chi connectivity index (χ1v) is 10.5. The van der Waals surface area contributed by atoms with Crippen LogP contribution in [0.1, 0.15) is 18.5 Å². The fourth-order valence-electron chi connectivity index (χ4n) is 3.62. The summed E-state index contributed by atoms with van der Waals surface area (Å²) in [5.41, 5.74) is 1.72. The number of urea groups is 1. The predicted octanol–water partition coefficient (Wildman–Crippen LogP) is 4.51. The molecule has 1 heterocycles. The molecule has 170 valence electrons. The Morgan fingerprint density at radius 2 is 1.88 bits per heavy atom. The summed E-state index contributed by atoms with van der Waals surface area (Å²) in [4.78, 5) is 27.5. The highest BCUT2D eigenvalue weighted by Crippen LogP contribution is 2.34. The van der Waals surface area contributed by atoms with Gasteiger partial charge in [0, 0.05) is 5.69 Å². The summed E-state index contributed by atoms with van der Waals surface area (Å²) in [7, 11) is 1.58. The number of anilines is 2. The van der Waals surface area contributed by atoms with Gasteiger partial charge in [-0.05, 0) is 55.0 Å². The molecule has 0 radical (unpaired) electrons. The summed E-state index contributed by atoms with van der Waals surface area (Å²) in [6, 6.07) is 19.2. The number of carbonyl (C=O) groups excluding carboxylic acids is 2. The van der Waals surface area contributed by atoms with Crippen LogP contribution in [0, 0.1) is 5.82 Å². The number of nitrogens with zero attached hydrogens (tertiary/aromatic N) is 1. The van der Waals surface area contributed by atoms with E-state index >= 15 is 0 Å². The van der Waals surface area contributed by atoms with Crippen molar-refractivity contribution < 1.29 is 23.5 Å². The van der Waals surface area contributed by atoms with Gasteiger partial charge in [-0.2, -0.15) is 0 Å². The van der Waals surface area contributed by atoms with Gasteiger partial charge in [-0.15, -0.1) is 0 Å². The molecule has 2 atom stereocenters. The molecule has 2 N–H and O–H groups in total. The van der Waals surface area contributed by atoms with Gasteiger partial charge in [0.05, 0.1) is 25.4 Å². The molecule has 2 unspecified atom stereocenters. The van der Waals surface area contributed by atoms with Crippen molar-refractivity contribution in [2.45, 2.75) is 19.1 Å². The zero-order valence-corrected chi connectivity index (χ0v) is 18.2. The molecule has 0 fully saturated rings. The predicted molar refractivity (Wildman–Crippen MR) is 123 cm³/mol. The summed E-state index contributed by atoms with van der Waals surface area (Å²) >= 11 is 0. The van der Waals surface area contributed by atoms with Gasteiger partial charge in [-0.25, -0.2) is 9.18 Å². The van der Waals surface area contributed by atoms with E-state index in [2.05, 4.69) is 10.6 Å². The van der Waals surface area contributed by atoms with E-state index in [1.807, 2.05) is 31.2 Å². The Labute approximate surface area is 191 Å². The third-order valence-corrected chi connectivity index (χ3v) is 5.34. The van der Waals surface area contributed by atoms with E-state index in [4.69, 9.17) is 9.47 Å². The fraction of sp³-hybridized carbons (Fsp3) is 0.200. The van der Waals surface area contributed by atoms with Gasteiger partial charge >= 0.3 is 6.03 Å². The fourth-order valence-corrected chi connectivity index (χ4v) is 3.62. The molecule has 33 heavy (non-hydrogen) atoms. The minimum atomic E-state index is -0.925. The summed E-state index contributed by atoms with van der Waals surface area (Å²) in [5.74, 6) is 0.284. The Kier molecular flexibility index (Phi) is 6.44. The van der Waals surface area contributed by atoms with Crippen molar-refractivity contribution in [2.24, 2.45) is 0 Å². The Morgan fingerprint density at radius 3 is 2.67 bits per heavy atom. The van der Waals surface area contributed by atoms with Gasteiger partial charge in [0.2, 0.25) is 0 Å². The SMILES string of the molecule is COc1cccc(C(C)NC(=O)C2CN(C(=O)Nc3cccc(F)c3)c3ccccc3O2)c1. The smallest absolute Gasteiger partial charge is 0.326 e. The summed E-state index contributed by atoms with van der Waals surface area (Å²) in [6.45, 7) is 1.85. The van der Waals surface area contributed by atoms with Gasteiger partial charge in [0.15, 0.2) is 6.10 Å². The molecule has 0 aromatic heterocycles. The molecule has 0 spiro atoms. The molecule has 0 saturated carbocycles. The molecule has 0 aliphatic carbocycles. The third kappa shape index (κ3) is 5.06. The Bertz CT molecular complexity index is 1170. The van der Waals surface area contributed by atoms with Gasteiger partial charge in [0.1, 0.15) is 17.3 Å². The van der Waals surface area contributed by atoms with Crippen LogP contribution in [0.4, 0.5) is 20.6 Å². The zero-order chi connectivity index (χ0) is 23.4. The van der Waals surface area contributed by atoms with Crippen molar-refractivity contribution in [3.63, 3.8) is 0 Å². The van der Waals surface area contributed by atoms with E-state index in [-0.39, 0.29) is 18.5 Å². The molecule has 1 aliphatic heterocycles. The van der Waals surface area contributed by atoms with Crippen molar-refractivity contribution in [3.8, 4) is 11.5 Å². The van der Waals surface area contributed by atoms with Gasteiger partial charge in [-0.1, -0.05) is 30.3 Å². The zero-order valence-electron chi connectivity index (χ0n) is 18.2. The average Bonchev–Trinajstić information content (AvgIpc) is 2.83. The second-order valence-electron chi connectivity index (χ2n) is 7.63. The molecule has 0 saturated heterocycles. The van der Waals surface area contributed by atoms with Gasteiger partial charge in [0.25, 0.3) is 5.91 Å². The Hall–Kier alpha value is -4.07. The maximum atomic E-state index is 13.5. The number of carbonyl (C=O) groups is 2. The number of hydrogen-bond acceptors (Lipinski definition) is 4. The lowest BCUT2D eigenvalue weighted by atomic mass is 10.1. The van der Waals surface area contributed by atoms with Crippen LogP contribution in [0.5, 0.6) is 11.5 Å². The number of para-hydroxylation sites is 2. The van der Waals surface area contributed by atoms with E-state index < -0.39 is 18.0 Å². The largest absolute Gasteiger partial charge is 0.497 e. The van der Waals surface area contributed by atoms with Crippen molar-refractivity contribution in [2.75, 3.05) is 23.9 Å². The minimum Gasteiger partial charge on any atom is -0.497 e. The van der Waals surface area contributed by atoms with Crippen LogP contribution in [0.3, 0.4) is 0 Å². The summed E-state index contributed by atoms with van der Waals surface area (Å²) in [6.07, 6.45) is -0.925. The van der Waals surface area contributed by atoms with Crippen molar-refractivity contribution in [1.29, 1.82) is 0 Å². The van der Waals surface area contributed by atoms with E-state index in [1.165, 1.54) is 23.1 Å². The van der Waals surface area contributed by atoms with Crippen LogP contribution >= 0.6 is 0 Å². The van der Waals surface area contributed by atoms with E-state index in [9.17, 15) is 14.0 Å². The summed E-state index contributed by atoms with van der Waals surface area (Å²) < 4.78 is 24.7. The molecular weight excluding hydrogens is 425 g/mol. The van der Waals surface area contributed by atoms with Crippen LogP contribution in [-0.4, -0.2) is 31.7 Å². The molecule has 3 amide bonds. The first-order chi connectivity index (χ1) is 15.9. The molecule has 7 nitrogen and oxygen atoms in total. The molecule has 0 bridgehead atoms. The van der Waals surface area contributed by atoms with Crippen molar-refractivity contribution in [1.82, 2.24) is 5.32 Å². The van der Waals surface area contributed by atoms with E-state index in [0.29, 0.717) is 22.9 Å². The van der Waals surface area contributed by atoms with Crippen LogP contribution in [0.25, 0.3) is 0 Å². The highest BCUT2D eigenvalue weighted by molar-refractivity contribution is 6.04. The highest BCUT2D eigenvalue weighted by atomic mass is 19.1. The number of halogens is 1. The van der Waals surface area contributed by atoms with Crippen LogP contribution in [-0.2, 0) is 4.79 Å². The number of methoxy groups -OCH3 is 1. The molecule has 8 heteroatoms. The van der Waals surface area contributed by atoms with Crippen LogP contribution in [0.15, 0.2) is 72.8 Å².